The van der Waals surface area contributed by atoms with Crippen molar-refractivity contribution in [2.45, 2.75) is 0 Å². The summed E-state index contributed by atoms with van der Waals surface area (Å²) in [5, 5.41) is 12.8. The summed E-state index contributed by atoms with van der Waals surface area (Å²) in [5.41, 5.74) is 1.16. The van der Waals surface area contributed by atoms with Crippen molar-refractivity contribution in [3.63, 3.8) is 0 Å². The van der Waals surface area contributed by atoms with Crippen LogP contribution in [0.5, 0.6) is 5.75 Å². The predicted octanol–water partition coefficient (Wildman–Crippen LogP) is 2.59. The first-order valence-electron chi connectivity index (χ1n) is 6.28. The molecule has 0 saturated carbocycles. The Kier molecular flexibility index (Phi) is 4.19. The molecule has 104 valence electrons. The van der Waals surface area contributed by atoms with Crippen LogP contribution in [0.2, 0.25) is 0 Å². The number of benzene rings is 2. The fraction of sp³-hybridized carbons (Fsp3) is 0. The van der Waals surface area contributed by atoms with Crippen LogP contribution in [0.15, 0.2) is 36.4 Å². The smallest absolute Gasteiger partial charge is 0.255 e. The number of terminal acetylenes is 3. The molecule has 1 amide bonds. The Labute approximate surface area is 129 Å². The van der Waals surface area contributed by atoms with Gasteiger partial charge in [0.2, 0.25) is 0 Å². The zero-order chi connectivity index (χ0) is 16.1. The van der Waals surface area contributed by atoms with Crippen molar-refractivity contribution in [1.82, 2.24) is 0 Å². The van der Waals surface area contributed by atoms with E-state index in [1.165, 1.54) is 6.07 Å². The Balaban J connectivity index is 2.56. The van der Waals surface area contributed by atoms with E-state index in [4.69, 9.17) is 19.3 Å². The zero-order valence-electron chi connectivity index (χ0n) is 11.6. The number of aromatic hydroxyl groups is 1. The average Bonchev–Trinajstić information content (AvgIpc) is 2.57. The van der Waals surface area contributed by atoms with Gasteiger partial charge in [0.1, 0.15) is 5.69 Å². The summed E-state index contributed by atoms with van der Waals surface area (Å²) in [6.45, 7) is 0. The Bertz CT molecular complexity index is 860. The normalized spacial score (nSPS) is 9.14. The van der Waals surface area contributed by atoms with Crippen LogP contribution < -0.4 is 5.32 Å². The fourth-order valence-corrected chi connectivity index (χ4v) is 1.94. The molecule has 0 aliphatic rings. The Morgan fingerprint density at radius 1 is 1.00 bits per heavy atom. The van der Waals surface area contributed by atoms with E-state index in [2.05, 4.69) is 23.1 Å². The van der Waals surface area contributed by atoms with Crippen molar-refractivity contribution in [2.75, 3.05) is 5.32 Å². The number of phenols is 1. The highest BCUT2D eigenvalue weighted by Gasteiger charge is 2.17. The first kappa shape index (κ1) is 14.8. The average molecular weight is 285 g/mol. The molecule has 0 saturated heterocycles. The lowest BCUT2D eigenvalue weighted by Crippen LogP contribution is -2.13. The molecular weight excluding hydrogens is 274 g/mol. The summed E-state index contributed by atoms with van der Waals surface area (Å²) in [6.07, 6.45) is 16.2. The van der Waals surface area contributed by atoms with Gasteiger partial charge in [0, 0.05) is 11.1 Å². The summed E-state index contributed by atoms with van der Waals surface area (Å²) >= 11 is 0. The maximum Gasteiger partial charge on any atom is 0.255 e. The van der Waals surface area contributed by atoms with Gasteiger partial charge in [-0.25, -0.2) is 0 Å². The van der Waals surface area contributed by atoms with Crippen LogP contribution in [0, 0.1) is 37.0 Å². The lowest BCUT2D eigenvalue weighted by molar-refractivity contribution is 0.102. The van der Waals surface area contributed by atoms with Crippen LogP contribution in [0.4, 0.5) is 5.69 Å². The van der Waals surface area contributed by atoms with Gasteiger partial charge in [-0.1, -0.05) is 36.0 Å². The van der Waals surface area contributed by atoms with Crippen LogP contribution in [0.1, 0.15) is 27.0 Å². The van der Waals surface area contributed by atoms with Gasteiger partial charge in [0.15, 0.2) is 5.75 Å². The lowest BCUT2D eigenvalue weighted by atomic mass is 10.0. The molecule has 0 fully saturated rings. The highest BCUT2D eigenvalue weighted by Crippen LogP contribution is 2.33. The molecule has 0 aromatic heterocycles. The molecule has 3 heteroatoms. The summed E-state index contributed by atoms with van der Waals surface area (Å²) in [6, 6.07) is 9.94. The van der Waals surface area contributed by atoms with E-state index in [0.717, 1.165) is 0 Å². The summed E-state index contributed by atoms with van der Waals surface area (Å²) < 4.78 is 0. The molecule has 2 aromatic carbocycles. The van der Waals surface area contributed by atoms with Gasteiger partial charge < -0.3 is 10.4 Å². The number of phenolic OH excluding ortho intramolecular Hbond substituents is 1. The van der Waals surface area contributed by atoms with Gasteiger partial charge in [-0.15, -0.1) is 19.3 Å². The number of rotatable bonds is 2. The number of hydrogen-bond donors (Lipinski definition) is 2. The van der Waals surface area contributed by atoms with Crippen molar-refractivity contribution in [1.29, 1.82) is 0 Å². The van der Waals surface area contributed by atoms with Gasteiger partial charge in [0.05, 0.1) is 11.1 Å². The number of carbonyl (C=O) groups excluding carboxylic acids is 1. The minimum Gasteiger partial charge on any atom is -0.504 e. The minimum atomic E-state index is -0.426. The molecule has 0 unspecified atom stereocenters. The highest BCUT2D eigenvalue weighted by atomic mass is 16.3. The number of anilines is 1. The van der Waals surface area contributed by atoms with Crippen LogP contribution in [-0.4, -0.2) is 11.0 Å². The third-order valence-electron chi connectivity index (χ3n) is 3.03. The largest absolute Gasteiger partial charge is 0.504 e. The van der Waals surface area contributed by atoms with Crippen LogP contribution in [0.25, 0.3) is 0 Å². The molecule has 2 aromatic rings. The van der Waals surface area contributed by atoms with Gasteiger partial charge >= 0.3 is 0 Å². The molecule has 0 aliphatic heterocycles. The van der Waals surface area contributed by atoms with Gasteiger partial charge in [-0.05, 0) is 18.2 Å². The maximum atomic E-state index is 12.2. The van der Waals surface area contributed by atoms with Gasteiger partial charge in [0.25, 0.3) is 5.91 Å². The van der Waals surface area contributed by atoms with Gasteiger partial charge in [-0.3, -0.25) is 4.79 Å². The molecule has 0 aliphatic carbocycles. The first-order chi connectivity index (χ1) is 10.6. The van der Waals surface area contributed by atoms with E-state index in [1.54, 1.807) is 30.3 Å². The molecule has 2 N–H and O–H groups in total. The third kappa shape index (κ3) is 2.63. The second-order valence-electron chi connectivity index (χ2n) is 4.32. The van der Waals surface area contributed by atoms with E-state index >= 15 is 0 Å². The molecule has 22 heavy (non-hydrogen) atoms. The second kappa shape index (κ2) is 6.23. The van der Waals surface area contributed by atoms with Crippen LogP contribution >= 0.6 is 0 Å². The van der Waals surface area contributed by atoms with Crippen LogP contribution in [0.3, 0.4) is 0 Å². The lowest BCUT2D eigenvalue weighted by Gasteiger charge is -2.13. The number of hydrogen-bond acceptors (Lipinski definition) is 2. The Hall–Kier alpha value is -3.61. The first-order valence-corrected chi connectivity index (χ1v) is 6.28. The standard InChI is InChI=1S/C19H11NO2/c1-4-13-12-14(5-2)18(21)17(16(13)6-3)20-19(22)15-10-8-7-9-11-15/h1-3,7-12,21H,(H,20,22). The number of amides is 1. The quantitative estimate of drug-likeness (QED) is 0.658. The molecule has 3 nitrogen and oxygen atoms in total. The van der Waals surface area contributed by atoms with Crippen molar-refractivity contribution in [2.24, 2.45) is 0 Å². The van der Waals surface area contributed by atoms with Crippen molar-refractivity contribution >= 4 is 11.6 Å². The Morgan fingerprint density at radius 3 is 2.18 bits per heavy atom. The summed E-state index contributed by atoms with van der Waals surface area (Å²) in [5.74, 6) is 6.38. The molecule has 2 rings (SSSR count). The highest BCUT2D eigenvalue weighted by molar-refractivity contribution is 6.06. The minimum absolute atomic E-state index is 0.0414. The van der Waals surface area contributed by atoms with Gasteiger partial charge in [-0.2, -0.15) is 0 Å². The van der Waals surface area contributed by atoms with Crippen molar-refractivity contribution < 1.29 is 9.90 Å². The van der Waals surface area contributed by atoms with Crippen molar-refractivity contribution in [3.05, 3.63) is 58.7 Å². The maximum absolute atomic E-state index is 12.2. The third-order valence-corrected chi connectivity index (χ3v) is 3.03. The molecule has 0 bridgehead atoms. The summed E-state index contributed by atoms with van der Waals surface area (Å²) in [7, 11) is 0. The topological polar surface area (TPSA) is 49.3 Å². The monoisotopic (exact) mass is 285 g/mol. The molecule has 0 spiro atoms. The predicted molar refractivity (Wildman–Crippen MR) is 86.3 cm³/mol. The van der Waals surface area contributed by atoms with E-state index in [9.17, 15) is 9.90 Å². The van der Waals surface area contributed by atoms with E-state index in [-0.39, 0.29) is 22.6 Å². The molecule has 0 atom stereocenters. The number of nitrogens with one attached hydrogen (secondary N) is 1. The number of carbonyl (C=O) groups is 1. The van der Waals surface area contributed by atoms with E-state index in [1.807, 2.05) is 0 Å². The van der Waals surface area contributed by atoms with E-state index < -0.39 is 5.91 Å². The Morgan fingerprint density at radius 2 is 1.64 bits per heavy atom. The van der Waals surface area contributed by atoms with Crippen LogP contribution in [-0.2, 0) is 0 Å². The molecule has 0 radical (unpaired) electrons. The fourth-order valence-electron chi connectivity index (χ4n) is 1.94. The summed E-state index contributed by atoms with van der Waals surface area (Å²) in [4.78, 5) is 12.2. The zero-order valence-corrected chi connectivity index (χ0v) is 11.6. The molecule has 0 heterocycles. The van der Waals surface area contributed by atoms with E-state index in [0.29, 0.717) is 11.1 Å². The molecular formula is C19H11NO2. The second-order valence-corrected chi connectivity index (χ2v) is 4.32. The SMILES string of the molecule is C#Cc1cc(C#C)c(C#C)c(NC(=O)c2ccccc2)c1O. The van der Waals surface area contributed by atoms with Crippen molar-refractivity contribution in [3.8, 4) is 42.8 Å².